The van der Waals surface area contributed by atoms with E-state index in [0.29, 0.717) is 31.6 Å². The van der Waals surface area contributed by atoms with Gasteiger partial charge >= 0.3 is 39.5 Å². The van der Waals surface area contributed by atoms with E-state index in [2.05, 4.69) is 55.4 Å². The minimum Gasteiger partial charge on any atom is -0.462 e. The zero-order chi connectivity index (χ0) is 64.7. The summed E-state index contributed by atoms with van der Waals surface area (Å²) < 4.78 is 68.2. The molecule has 0 rings (SSSR count). The van der Waals surface area contributed by atoms with Crippen LogP contribution in [0, 0.1) is 23.7 Å². The maximum atomic E-state index is 13.0. The zero-order valence-electron chi connectivity index (χ0n) is 56.6. The van der Waals surface area contributed by atoms with E-state index in [0.717, 1.165) is 114 Å². The first-order valence-corrected chi connectivity index (χ1v) is 38.2. The summed E-state index contributed by atoms with van der Waals surface area (Å²) in [6.07, 6.45) is 39.0. The van der Waals surface area contributed by atoms with Gasteiger partial charge in [-0.1, -0.05) is 280 Å². The predicted molar refractivity (Wildman–Crippen MR) is 349 cm³/mol. The number of esters is 4. The number of hydrogen-bond donors (Lipinski definition) is 3. The lowest BCUT2D eigenvalue weighted by molar-refractivity contribution is -0.161. The third kappa shape index (κ3) is 61.3. The van der Waals surface area contributed by atoms with Gasteiger partial charge in [0.25, 0.3) is 0 Å². The number of aliphatic hydroxyl groups excluding tert-OH is 1. The Morgan fingerprint density at radius 2 is 0.552 bits per heavy atom. The van der Waals surface area contributed by atoms with Crippen LogP contribution < -0.4 is 0 Å². The summed E-state index contributed by atoms with van der Waals surface area (Å²) >= 11 is 0. The molecule has 0 aromatic heterocycles. The molecule has 3 unspecified atom stereocenters. The van der Waals surface area contributed by atoms with Crippen molar-refractivity contribution < 1.29 is 80.2 Å². The molecule has 0 fully saturated rings. The molecule has 0 bridgehead atoms. The SMILES string of the molecule is CCC(C)CCCCCCCCCCC(=O)O[C@H](COC(=O)CCCCCCCCCCCCCC(C)C)COP(=O)(O)OC[C@@H](O)COP(=O)(O)OC[C@@H](COC(=O)CCCCCCCCC(C)C)OC(=O)CCCCCCCCCCCC(C)C. The van der Waals surface area contributed by atoms with Crippen LogP contribution in [-0.2, 0) is 65.4 Å². The second-order valence-electron chi connectivity index (χ2n) is 26.2. The number of phosphoric ester groups is 2. The summed E-state index contributed by atoms with van der Waals surface area (Å²) in [5.41, 5.74) is 0. The van der Waals surface area contributed by atoms with Crippen molar-refractivity contribution in [1.82, 2.24) is 0 Å². The Kier molecular flexibility index (Phi) is 56.6. The van der Waals surface area contributed by atoms with Crippen molar-refractivity contribution in [3.8, 4) is 0 Å². The lowest BCUT2D eigenvalue weighted by Gasteiger charge is -2.21. The van der Waals surface area contributed by atoms with Crippen LogP contribution in [-0.4, -0.2) is 96.7 Å². The number of carbonyl (C=O) groups is 4. The van der Waals surface area contributed by atoms with Gasteiger partial charge in [0.2, 0.25) is 0 Å². The molecule has 0 aliphatic carbocycles. The Balaban J connectivity index is 5.25. The van der Waals surface area contributed by atoms with Crippen LogP contribution in [0.3, 0.4) is 0 Å². The quantitative estimate of drug-likeness (QED) is 0.0222. The lowest BCUT2D eigenvalue weighted by atomic mass is 9.99. The van der Waals surface area contributed by atoms with E-state index < -0.39 is 97.5 Å². The fraction of sp³-hybridized carbons (Fsp3) is 0.941. The zero-order valence-corrected chi connectivity index (χ0v) is 58.4. The van der Waals surface area contributed by atoms with Crippen LogP contribution in [0.4, 0.5) is 0 Å². The molecule has 0 saturated heterocycles. The second kappa shape index (κ2) is 57.9. The average Bonchev–Trinajstić information content (AvgIpc) is 3.64. The summed E-state index contributed by atoms with van der Waals surface area (Å²) in [4.78, 5) is 72.4. The van der Waals surface area contributed by atoms with E-state index in [9.17, 15) is 43.2 Å². The van der Waals surface area contributed by atoms with Gasteiger partial charge in [0.15, 0.2) is 12.2 Å². The third-order valence-corrected chi connectivity index (χ3v) is 17.8. The van der Waals surface area contributed by atoms with Crippen molar-refractivity contribution in [2.75, 3.05) is 39.6 Å². The van der Waals surface area contributed by atoms with Gasteiger partial charge in [0, 0.05) is 25.7 Å². The molecular formula is C68H132O17P2. The number of carbonyl (C=O) groups excluding carboxylic acids is 4. The summed E-state index contributed by atoms with van der Waals surface area (Å²) in [7, 11) is -9.90. The van der Waals surface area contributed by atoms with E-state index in [-0.39, 0.29) is 25.7 Å². The van der Waals surface area contributed by atoms with Crippen LogP contribution >= 0.6 is 15.6 Å². The van der Waals surface area contributed by atoms with Crippen LogP contribution in [0.5, 0.6) is 0 Å². The second-order valence-corrected chi connectivity index (χ2v) is 29.1. The Hall–Kier alpha value is -1.94. The van der Waals surface area contributed by atoms with Crippen molar-refractivity contribution in [2.24, 2.45) is 23.7 Å². The molecule has 0 radical (unpaired) electrons. The summed E-state index contributed by atoms with van der Waals surface area (Å²) in [5.74, 6) is 0.821. The molecular weight excluding hydrogens is 1150 g/mol. The first-order valence-electron chi connectivity index (χ1n) is 35.2. The van der Waals surface area contributed by atoms with Crippen molar-refractivity contribution in [2.45, 2.75) is 350 Å². The van der Waals surface area contributed by atoms with Gasteiger partial charge in [0.1, 0.15) is 19.3 Å². The smallest absolute Gasteiger partial charge is 0.462 e. The topological polar surface area (TPSA) is 237 Å². The van der Waals surface area contributed by atoms with E-state index in [4.69, 9.17) is 37.0 Å². The van der Waals surface area contributed by atoms with Crippen molar-refractivity contribution in [3.05, 3.63) is 0 Å². The van der Waals surface area contributed by atoms with Crippen LogP contribution in [0.15, 0.2) is 0 Å². The van der Waals surface area contributed by atoms with Gasteiger partial charge < -0.3 is 33.8 Å². The number of unbranched alkanes of at least 4 members (excludes halogenated alkanes) is 30. The lowest BCUT2D eigenvalue weighted by Crippen LogP contribution is -2.30. The Bertz CT molecular complexity index is 1730. The summed E-state index contributed by atoms with van der Waals surface area (Å²) in [6, 6.07) is 0. The molecule has 3 N–H and O–H groups in total. The van der Waals surface area contributed by atoms with Gasteiger partial charge in [-0.05, 0) is 49.4 Å². The standard InChI is InChI=1S/C68H132O17P2/c1-9-61(8)47-39-31-22-18-19-25-35-43-51-68(73)85-63(54-78-65(70)48-40-32-23-16-12-10-11-14-20-28-36-44-58(2)3)56-82-86(74,75)80-52-62(69)53-81-87(76,77)83-57-64(55-79-66(71)49-41-33-27-26-30-38-46-60(6)7)84-67(72)50-42-34-24-17-13-15-21-29-37-45-59(4)5/h58-64,69H,9-57H2,1-8H3,(H,74,75)(H,76,77)/t61?,62-,63-,64-/m1/s1. The molecule has 0 aliphatic heterocycles. The number of ether oxygens (including phenoxy) is 4. The van der Waals surface area contributed by atoms with Gasteiger partial charge in [-0.3, -0.25) is 37.3 Å². The highest BCUT2D eigenvalue weighted by Crippen LogP contribution is 2.45. The van der Waals surface area contributed by atoms with Gasteiger partial charge in [-0.2, -0.15) is 0 Å². The average molecular weight is 1280 g/mol. The molecule has 19 heteroatoms. The fourth-order valence-electron chi connectivity index (χ4n) is 10.1. The van der Waals surface area contributed by atoms with Crippen molar-refractivity contribution >= 4 is 39.5 Å². The first kappa shape index (κ1) is 85.1. The molecule has 0 saturated carbocycles. The molecule has 0 spiro atoms. The Morgan fingerprint density at radius 1 is 0.322 bits per heavy atom. The van der Waals surface area contributed by atoms with Crippen LogP contribution in [0.2, 0.25) is 0 Å². The fourth-order valence-corrected chi connectivity index (χ4v) is 11.7. The Labute approximate surface area is 530 Å². The first-order chi connectivity index (χ1) is 41.6. The van der Waals surface area contributed by atoms with E-state index >= 15 is 0 Å². The van der Waals surface area contributed by atoms with E-state index in [1.807, 2.05) is 0 Å². The predicted octanol–water partition coefficient (Wildman–Crippen LogP) is 18.9. The highest BCUT2D eigenvalue weighted by Gasteiger charge is 2.30. The molecule has 516 valence electrons. The van der Waals surface area contributed by atoms with Gasteiger partial charge in [-0.25, -0.2) is 9.13 Å². The highest BCUT2D eigenvalue weighted by molar-refractivity contribution is 7.47. The number of phosphoric acid groups is 2. The minimum atomic E-state index is -4.95. The van der Waals surface area contributed by atoms with Crippen LogP contribution in [0.1, 0.15) is 331 Å². The van der Waals surface area contributed by atoms with Crippen LogP contribution in [0.25, 0.3) is 0 Å². The molecule has 0 aliphatic rings. The van der Waals surface area contributed by atoms with E-state index in [1.165, 1.54) is 128 Å². The number of aliphatic hydroxyl groups is 1. The molecule has 6 atom stereocenters. The molecule has 0 amide bonds. The molecule has 87 heavy (non-hydrogen) atoms. The largest absolute Gasteiger partial charge is 0.472 e. The van der Waals surface area contributed by atoms with Gasteiger partial charge in [0.05, 0.1) is 26.4 Å². The highest BCUT2D eigenvalue weighted by atomic mass is 31.2. The van der Waals surface area contributed by atoms with E-state index in [1.54, 1.807) is 0 Å². The summed E-state index contributed by atoms with van der Waals surface area (Å²) in [6.45, 7) is 14.0. The molecule has 0 aromatic carbocycles. The normalized spacial score (nSPS) is 14.6. The molecule has 0 aromatic rings. The maximum absolute atomic E-state index is 13.0. The van der Waals surface area contributed by atoms with Crippen molar-refractivity contribution in [3.63, 3.8) is 0 Å². The monoisotopic (exact) mass is 1280 g/mol. The number of rotatable bonds is 65. The maximum Gasteiger partial charge on any atom is 0.472 e. The Morgan fingerprint density at radius 3 is 0.816 bits per heavy atom. The summed E-state index contributed by atoms with van der Waals surface area (Å²) in [5, 5.41) is 10.6. The molecule has 17 nitrogen and oxygen atoms in total. The van der Waals surface area contributed by atoms with Crippen molar-refractivity contribution in [1.29, 1.82) is 0 Å². The number of hydrogen-bond acceptors (Lipinski definition) is 15. The third-order valence-electron chi connectivity index (χ3n) is 15.9. The minimum absolute atomic E-state index is 0.104. The molecule has 0 heterocycles. The van der Waals surface area contributed by atoms with Gasteiger partial charge in [-0.15, -0.1) is 0 Å².